The largest absolute Gasteiger partial charge is 0.394 e. The molecule has 0 bridgehead atoms. The van der Waals surface area contributed by atoms with E-state index in [-0.39, 0.29) is 0 Å². The summed E-state index contributed by atoms with van der Waals surface area (Å²) < 4.78 is 1.78. The molecule has 2 rings (SSSR count). The van der Waals surface area contributed by atoms with Crippen LogP contribution in [0.4, 0.5) is 11.5 Å². The monoisotopic (exact) mass is 251 g/mol. The summed E-state index contributed by atoms with van der Waals surface area (Å²) in [5.41, 5.74) is 7.53. The number of rotatable bonds is 4. The van der Waals surface area contributed by atoms with E-state index in [0.717, 1.165) is 28.8 Å². The fraction of sp³-hybridized carbons (Fsp3) is 0.455. The molecule has 0 saturated carbocycles. The second-order valence-corrected chi connectivity index (χ2v) is 5.05. The van der Waals surface area contributed by atoms with Gasteiger partial charge < -0.3 is 11.1 Å². The quantitative estimate of drug-likeness (QED) is 0.872. The molecule has 0 aliphatic carbocycles. The van der Waals surface area contributed by atoms with Gasteiger partial charge in [0.05, 0.1) is 16.4 Å². The molecule has 2 heterocycles. The molecule has 0 radical (unpaired) electrons. The van der Waals surface area contributed by atoms with Crippen molar-refractivity contribution >= 4 is 22.8 Å². The SMILES string of the molecule is Cc1nn(C)c(NCC(C)c2nccs2)c1N. The molecule has 0 spiro atoms. The van der Waals surface area contributed by atoms with Crippen LogP contribution in [-0.4, -0.2) is 21.3 Å². The van der Waals surface area contributed by atoms with Crippen molar-refractivity contribution in [2.75, 3.05) is 17.6 Å². The van der Waals surface area contributed by atoms with Crippen molar-refractivity contribution in [1.29, 1.82) is 0 Å². The number of aryl methyl sites for hydroxylation is 2. The predicted molar refractivity (Wildman–Crippen MR) is 71.4 cm³/mol. The first-order valence-corrected chi connectivity index (χ1v) is 6.40. The molecule has 3 N–H and O–H groups in total. The zero-order valence-electron chi connectivity index (χ0n) is 10.3. The maximum atomic E-state index is 5.95. The van der Waals surface area contributed by atoms with Crippen LogP contribution in [0.15, 0.2) is 11.6 Å². The number of nitrogens with zero attached hydrogens (tertiary/aromatic N) is 3. The van der Waals surface area contributed by atoms with Crippen LogP contribution in [0.3, 0.4) is 0 Å². The molecule has 0 aliphatic rings. The number of anilines is 2. The van der Waals surface area contributed by atoms with Crippen LogP contribution in [-0.2, 0) is 7.05 Å². The summed E-state index contributed by atoms with van der Waals surface area (Å²) in [7, 11) is 1.89. The van der Waals surface area contributed by atoms with E-state index in [4.69, 9.17) is 5.73 Å². The van der Waals surface area contributed by atoms with Gasteiger partial charge in [-0.15, -0.1) is 11.3 Å². The Kier molecular flexibility index (Phi) is 3.33. The topological polar surface area (TPSA) is 68.8 Å². The van der Waals surface area contributed by atoms with Crippen LogP contribution < -0.4 is 11.1 Å². The smallest absolute Gasteiger partial charge is 0.147 e. The molecule has 1 unspecified atom stereocenters. The molecule has 1 atom stereocenters. The molecule has 92 valence electrons. The van der Waals surface area contributed by atoms with Crippen molar-refractivity contribution in [3.63, 3.8) is 0 Å². The molecule has 17 heavy (non-hydrogen) atoms. The molecular formula is C11H17N5S. The molecule has 0 aromatic carbocycles. The lowest BCUT2D eigenvalue weighted by molar-refractivity contribution is 0.738. The highest BCUT2D eigenvalue weighted by Gasteiger charge is 2.12. The molecule has 0 amide bonds. The zero-order valence-corrected chi connectivity index (χ0v) is 11.1. The number of nitrogens with two attached hydrogens (primary N) is 1. The molecule has 0 aliphatic heterocycles. The van der Waals surface area contributed by atoms with Gasteiger partial charge >= 0.3 is 0 Å². The Bertz CT molecular complexity index is 488. The highest BCUT2D eigenvalue weighted by Crippen LogP contribution is 2.23. The van der Waals surface area contributed by atoms with Crippen molar-refractivity contribution in [1.82, 2.24) is 14.8 Å². The van der Waals surface area contributed by atoms with E-state index in [1.54, 1.807) is 16.0 Å². The molecule has 6 heteroatoms. The maximum Gasteiger partial charge on any atom is 0.147 e. The van der Waals surface area contributed by atoms with Crippen LogP contribution >= 0.6 is 11.3 Å². The van der Waals surface area contributed by atoms with Crippen molar-refractivity contribution in [2.45, 2.75) is 19.8 Å². The van der Waals surface area contributed by atoms with Crippen LogP contribution in [0.1, 0.15) is 23.5 Å². The summed E-state index contributed by atoms with van der Waals surface area (Å²) in [6, 6.07) is 0. The molecule has 2 aromatic heterocycles. The number of nitrogen functional groups attached to an aromatic ring is 1. The second-order valence-electron chi connectivity index (χ2n) is 4.12. The Balaban J connectivity index is 2.03. The summed E-state index contributed by atoms with van der Waals surface area (Å²) in [6.45, 7) is 4.85. The lowest BCUT2D eigenvalue weighted by atomic mass is 10.2. The van der Waals surface area contributed by atoms with Crippen molar-refractivity contribution < 1.29 is 0 Å². The maximum absolute atomic E-state index is 5.95. The summed E-state index contributed by atoms with van der Waals surface area (Å²) in [6.07, 6.45) is 1.83. The van der Waals surface area contributed by atoms with Gasteiger partial charge in [0.15, 0.2) is 0 Å². The van der Waals surface area contributed by atoms with E-state index in [9.17, 15) is 0 Å². The predicted octanol–water partition coefficient (Wildman–Crippen LogP) is 1.98. The van der Waals surface area contributed by atoms with E-state index in [0.29, 0.717) is 5.92 Å². The van der Waals surface area contributed by atoms with Gasteiger partial charge in [-0.25, -0.2) is 4.98 Å². The van der Waals surface area contributed by atoms with Gasteiger partial charge in [-0.05, 0) is 6.92 Å². The van der Waals surface area contributed by atoms with E-state index in [2.05, 4.69) is 22.3 Å². The minimum absolute atomic E-state index is 0.365. The average Bonchev–Trinajstić information content (AvgIpc) is 2.88. The summed E-state index contributed by atoms with van der Waals surface area (Å²) >= 11 is 1.67. The minimum Gasteiger partial charge on any atom is -0.394 e. The van der Waals surface area contributed by atoms with E-state index in [1.807, 2.05) is 25.5 Å². The van der Waals surface area contributed by atoms with Gasteiger partial charge in [0, 0.05) is 31.1 Å². The van der Waals surface area contributed by atoms with Gasteiger partial charge in [0.25, 0.3) is 0 Å². The van der Waals surface area contributed by atoms with Gasteiger partial charge in [-0.2, -0.15) is 5.10 Å². The average molecular weight is 251 g/mol. The third-order valence-electron chi connectivity index (χ3n) is 2.72. The molecule has 2 aromatic rings. The Hall–Kier alpha value is -1.56. The van der Waals surface area contributed by atoms with Gasteiger partial charge in [0.2, 0.25) is 0 Å². The fourth-order valence-corrected chi connectivity index (χ4v) is 2.40. The van der Waals surface area contributed by atoms with E-state index in [1.165, 1.54) is 0 Å². The molecule has 0 fully saturated rings. The van der Waals surface area contributed by atoms with Crippen LogP contribution in [0.25, 0.3) is 0 Å². The third kappa shape index (κ3) is 2.41. The fourth-order valence-electron chi connectivity index (χ4n) is 1.70. The van der Waals surface area contributed by atoms with Crippen molar-refractivity contribution in [3.05, 3.63) is 22.3 Å². The first-order chi connectivity index (χ1) is 8.09. The highest BCUT2D eigenvalue weighted by molar-refractivity contribution is 7.09. The Morgan fingerprint density at radius 3 is 2.88 bits per heavy atom. The first kappa shape index (κ1) is 11.9. The highest BCUT2D eigenvalue weighted by atomic mass is 32.1. The summed E-state index contributed by atoms with van der Waals surface area (Å²) in [4.78, 5) is 4.30. The number of hydrogen-bond donors (Lipinski definition) is 2. The number of nitrogens with one attached hydrogen (secondary N) is 1. The summed E-state index contributed by atoms with van der Waals surface area (Å²) in [5.74, 6) is 1.25. The van der Waals surface area contributed by atoms with Crippen molar-refractivity contribution in [2.24, 2.45) is 7.05 Å². The van der Waals surface area contributed by atoms with Gasteiger partial charge in [-0.1, -0.05) is 6.92 Å². The van der Waals surface area contributed by atoms with Gasteiger partial charge in [-0.3, -0.25) is 4.68 Å². The van der Waals surface area contributed by atoms with Gasteiger partial charge in [0.1, 0.15) is 5.82 Å². The second kappa shape index (κ2) is 4.75. The van der Waals surface area contributed by atoms with Crippen LogP contribution in [0.2, 0.25) is 0 Å². The van der Waals surface area contributed by atoms with Crippen LogP contribution in [0, 0.1) is 6.92 Å². The third-order valence-corrected chi connectivity index (χ3v) is 3.72. The van der Waals surface area contributed by atoms with Crippen molar-refractivity contribution in [3.8, 4) is 0 Å². The normalized spacial score (nSPS) is 12.6. The van der Waals surface area contributed by atoms with E-state index >= 15 is 0 Å². The lowest BCUT2D eigenvalue weighted by Crippen LogP contribution is -2.13. The standard InChI is InChI=1S/C11H17N5S/c1-7(11-13-4-5-17-11)6-14-10-9(12)8(2)15-16(10)3/h4-5,7,14H,6,12H2,1-3H3. The summed E-state index contributed by atoms with van der Waals surface area (Å²) in [5, 5.41) is 10.7. The zero-order chi connectivity index (χ0) is 12.4. The Labute approximate surface area is 105 Å². The molecule has 5 nitrogen and oxygen atoms in total. The molecule has 0 saturated heterocycles. The number of aromatic nitrogens is 3. The Morgan fingerprint density at radius 1 is 1.59 bits per heavy atom. The van der Waals surface area contributed by atoms with E-state index < -0.39 is 0 Å². The lowest BCUT2D eigenvalue weighted by Gasteiger charge is -2.11. The minimum atomic E-state index is 0.365. The number of hydrogen-bond acceptors (Lipinski definition) is 5. The first-order valence-electron chi connectivity index (χ1n) is 5.52. The van der Waals surface area contributed by atoms with Crippen LogP contribution in [0.5, 0.6) is 0 Å². The molecular weight excluding hydrogens is 234 g/mol. The number of thiazole rings is 1. The Morgan fingerprint density at radius 2 is 2.35 bits per heavy atom.